The molecule has 2 rings (SSSR count). The molecule has 4 heteroatoms. The first-order valence-corrected chi connectivity index (χ1v) is 7.64. The Hall–Kier alpha value is -1.55. The Kier molecular flexibility index (Phi) is 5.23. The fourth-order valence-corrected chi connectivity index (χ4v) is 2.91. The number of carbonyl (C=O) groups excluding carboxylic acids is 1. The van der Waals surface area contributed by atoms with Gasteiger partial charge in [-0.1, -0.05) is 17.7 Å². The molecule has 0 unspecified atom stereocenters. The van der Waals surface area contributed by atoms with Crippen LogP contribution in [0.3, 0.4) is 0 Å². The average molecular weight is 291 g/mol. The molecule has 116 valence electrons. The highest BCUT2D eigenvalue weighted by Gasteiger charge is 2.21. The summed E-state index contributed by atoms with van der Waals surface area (Å²) in [5.41, 5.74) is 3.45. The van der Waals surface area contributed by atoms with E-state index in [1.165, 1.54) is 5.56 Å². The molecule has 0 radical (unpaired) electrons. The van der Waals surface area contributed by atoms with Gasteiger partial charge in [-0.05, 0) is 44.7 Å². The highest BCUT2D eigenvalue weighted by Crippen LogP contribution is 2.24. The van der Waals surface area contributed by atoms with Gasteiger partial charge in [0, 0.05) is 13.1 Å². The van der Waals surface area contributed by atoms with Gasteiger partial charge in [-0.2, -0.15) is 0 Å². The van der Waals surface area contributed by atoms with Crippen LogP contribution in [0.15, 0.2) is 12.1 Å². The minimum Gasteiger partial charge on any atom is -0.493 e. The molecule has 1 fully saturated rings. The summed E-state index contributed by atoms with van der Waals surface area (Å²) in [4.78, 5) is 13.9. The molecule has 0 bridgehead atoms. The van der Waals surface area contributed by atoms with Gasteiger partial charge in [-0.3, -0.25) is 4.79 Å². The Balaban J connectivity index is 1.83. The first-order valence-electron chi connectivity index (χ1n) is 7.64. The summed E-state index contributed by atoms with van der Waals surface area (Å²) < 4.78 is 5.81. The molecular formula is C17H25NO3. The molecule has 1 aliphatic heterocycles. The second-order valence-corrected chi connectivity index (χ2v) is 5.94. The van der Waals surface area contributed by atoms with E-state index >= 15 is 0 Å². The van der Waals surface area contributed by atoms with Gasteiger partial charge in [0.05, 0.1) is 19.1 Å². The van der Waals surface area contributed by atoms with E-state index in [0.29, 0.717) is 39.0 Å². The summed E-state index contributed by atoms with van der Waals surface area (Å²) in [6.45, 7) is 7.85. The number of hydrogen-bond donors (Lipinski definition) is 1. The zero-order valence-corrected chi connectivity index (χ0v) is 13.2. The van der Waals surface area contributed by atoms with Crippen LogP contribution in [0.2, 0.25) is 0 Å². The molecule has 1 aromatic rings. The summed E-state index contributed by atoms with van der Waals surface area (Å²) in [7, 11) is 0. The van der Waals surface area contributed by atoms with E-state index in [1.54, 1.807) is 0 Å². The topological polar surface area (TPSA) is 49.8 Å². The monoisotopic (exact) mass is 291 g/mol. The van der Waals surface area contributed by atoms with Crippen molar-refractivity contribution in [1.29, 1.82) is 0 Å². The van der Waals surface area contributed by atoms with E-state index < -0.39 is 0 Å². The van der Waals surface area contributed by atoms with Crippen LogP contribution in [0.1, 0.15) is 36.0 Å². The van der Waals surface area contributed by atoms with Crippen molar-refractivity contribution < 1.29 is 14.6 Å². The maximum Gasteiger partial charge on any atom is 0.226 e. The number of nitrogens with zero attached hydrogens (tertiary/aromatic N) is 1. The van der Waals surface area contributed by atoms with Crippen LogP contribution in [-0.2, 0) is 4.79 Å². The van der Waals surface area contributed by atoms with E-state index in [0.717, 1.165) is 16.9 Å². The van der Waals surface area contributed by atoms with E-state index in [9.17, 15) is 9.90 Å². The standard InChI is InChI=1S/C17H25NO3/c1-12-10-13(2)17(14(3)11-12)21-9-6-16(20)18-7-4-15(19)5-8-18/h10-11,15,19H,4-9H2,1-3H3. The smallest absolute Gasteiger partial charge is 0.226 e. The number of rotatable bonds is 4. The van der Waals surface area contributed by atoms with Crippen molar-refractivity contribution in [3.63, 3.8) is 0 Å². The molecule has 1 amide bonds. The number of aliphatic hydroxyl groups excluding tert-OH is 1. The maximum absolute atomic E-state index is 12.1. The first-order chi connectivity index (χ1) is 9.97. The lowest BCUT2D eigenvalue weighted by molar-refractivity contribution is -0.133. The molecule has 0 atom stereocenters. The SMILES string of the molecule is Cc1cc(C)c(OCCC(=O)N2CCC(O)CC2)c(C)c1. The van der Waals surface area contributed by atoms with Gasteiger partial charge in [-0.25, -0.2) is 0 Å². The lowest BCUT2D eigenvalue weighted by Gasteiger charge is -2.29. The third kappa shape index (κ3) is 4.21. The molecule has 0 aliphatic carbocycles. The molecule has 1 aromatic carbocycles. The molecule has 1 heterocycles. The van der Waals surface area contributed by atoms with Gasteiger partial charge in [0.1, 0.15) is 5.75 Å². The summed E-state index contributed by atoms with van der Waals surface area (Å²) in [6, 6.07) is 4.19. The highest BCUT2D eigenvalue weighted by atomic mass is 16.5. The number of hydrogen-bond acceptors (Lipinski definition) is 3. The normalized spacial score (nSPS) is 16.1. The second kappa shape index (κ2) is 6.94. The van der Waals surface area contributed by atoms with Crippen molar-refractivity contribution in [1.82, 2.24) is 4.90 Å². The van der Waals surface area contributed by atoms with E-state index in [2.05, 4.69) is 19.1 Å². The molecule has 4 nitrogen and oxygen atoms in total. The molecule has 0 aromatic heterocycles. The molecule has 0 saturated carbocycles. The number of likely N-dealkylation sites (tertiary alicyclic amines) is 1. The molecule has 1 saturated heterocycles. The van der Waals surface area contributed by atoms with E-state index in [1.807, 2.05) is 18.7 Å². The van der Waals surface area contributed by atoms with Crippen LogP contribution in [0.4, 0.5) is 0 Å². The van der Waals surface area contributed by atoms with Crippen molar-refractivity contribution in [2.45, 2.75) is 46.1 Å². The Morgan fingerprint density at radius 3 is 2.38 bits per heavy atom. The Bertz CT molecular complexity index is 482. The van der Waals surface area contributed by atoms with E-state index in [4.69, 9.17) is 4.74 Å². The fourth-order valence-electron chi connectivity index (χ4n) is 2.91. The van der Waals surface area contributed by atoms with Gasteiger partial charge >= 0.3 is 0 Å². The molecule has 1 aliphatic rings. The van der Waals surface area contributed by atoms with Gasteiger partial charge in [0.25, 0.3) is 0 Å². The predicted octanol–water partition coefficient (Wildman–Crippen LogP) is 2.36. The summed E-state index contributed by atoms with van der Waals surface area (Å²) in [5, 5.41) is 9.45. The minimum atomic E-state index is -0.247. The Labute approximate surface area is 126 Å². The van der Waals surface area contributed by atoms with Gasteiger partial charge in [0.2, 0.25) is 5.91 Å². The largest absolute Gasteiger partial charge is 0.493 e. The summed E-state index contributed by atoms with van der Waals surface area (Å²) in [5.74, 6) is 1.01. The zero-order chi connectivity index (χ0) is 15.4. The van der Waals surface area contributed by atoms with Crippen molar-refractivity contribution in [2.24, 2.45) is 0 Å². The fraction of sp³-hybridized carbons (Fsp3) is 0.588. The molecule has 0 spiro atoms. The number of aliphatic hydroxyl groups is 1. The second-order valence-electron chi connectivity index (χ2n) is 5.94. The average Bonchev–Trinajstić information content (AvgIpc) is 2.42. The Morgan fingerprint density at radius 1 is 1.24 bits per heavy atom. The van der Waals surface area contributed by atoms with Gasteiger partial charge in [-0.15, -0.1) is 0 Å². The summed E-state index contributed by atoms with van der Waals surface area (Å²) in [6.07, 6.45) is 1.51. The number of amides is 1. The van der Waals surface area contributed by atoms with Crippen molar-refractivity contribution in [3.05, 3.63) is 28.8 Å². The Morgan fingerprint density at radius 2 is 1.81 bits per heavy atom. The van der Waals surface area contributed by atoms with Crippen LogP contribution in [0.5, 0.6) is 5.75 Å². The van der Waals surface area contributed by atoms with Gasteiger partial charge < -0.3 is 14.7 Å². The lowest BCUT2D eigenvalue weighted by atomic mass is 10.1. The van der Waals surface area contributed by atoms with Crippen LogP contribution in [-0.4, -0.2) is 41.7 Å². The quantitative estimate of drug-likeness (QED) is 0.926. The number of piperidine rings is 1. The number of benzene rings is 1. The number of carbonyl (C=O) groups is 1. The van der Waals surface area contributed by atoms with Crippen LogP contribution >= 0.6 is 0 Å². The highest BCUT2D eigenvalue weighted by molar-refractivity contribution is 5.76. The van der Waals surface area contributed by atoms with Crippen molar-refractivity contribution in [3.8, 4) is 5.75 Å². The third-order valence-electron chi connectivity index (χ3n) is 3.98. The first kappa shape index (κ1) is 15.8. The van der Waals surface area contributed by atoms with E-state index in [-0.39, 0.29) is 12.0 Å². The third-order valence-corrected chi connectivity index (χ3v) is 3.98. The van der Waals surface area contributed by atoms with Crippen LogP contribution in [0, 0.1) is 20.8 Å². The molecule has 21 heavy (non-hydrogen) atoms. The maximum atomic E-state index is 12.1. The van der Waals surface area contributed by atoms with Crippen molar-refractivity contribution >= 4 is 5.91 Å². The van der Waals surface area contributed by atoms with Gasteiger partial charge in [0.15, 0.2) is 0 Å². The zero-order valence-electron chi connectivity index (χ0n) is 13.2. The van der Waals surface area contributed by atoms with Crippen molar-refractivity contribution in [2.75, 3.05) is 19.7 Å². The molecule has 1 N–H and O–H groups in total. The predicted molar refractivity (Wildman–Crippen MR) is 82.6 cm³/mol. The lowest BCUT2D eigenvalue weighted by Crippen LogP contribution is -2.40. The minimum absolute atomic E-state index is 0.115. The number of aryl methyl sites for hydroxylation is 3. The van der Waals surface area contributed by atoms with Crippen LogP contribution < -0.4 is 4.74 Å². The molecular weight excluding hydrogens is 266 g/mol. The summed E-state index contributed by atoms with van der Waals surface area (Å²) >= 11 is 0. The number of ether oxygens (including phenoxy) is 1. The van der Waals surface area contributed by atoms with Crippen LogP contribution in [0.25, 0.3) is 0 Å².